The van der Waals surface area contributed by atoms with Crippen LogP contribution in [0.1, 0.15) is 6.92 Å². The van der Waals surface area contributed by atoms with E-state index in [0.29, 0.717) is 19.2 Å². The summed E-state index contributed by atoms with van der Waals surface area (Å²) >= 11 is 1.60. The molecule has 0 amide bonds. The first kappa shape index (κ1) is 13.5. The molecule has 20 heavy (non-hydrogen) atoms. The number of ether oxygens (including phenoxy) is 1. The average molecular weight is 294 g/mol. The summed E-state index contributed by atoms with van der Waals surface area (Å²) in [6.07, 6.45) is 0. The smallest absolute Gasteiger partial charge is 0.226 e. The summed E-state index contributed by atoms with van der Waals surface area (Å²) in [5, 5.41) is 15.8. The van der Waals surface area contributed by atoms with E-state index in [1.165, 1.54) is 0 Å². The molecule has 0 aliphatic carbocycles. The Hall–Kier alpha value is -1.44. The van der Waals surface area contributed by atoms with Crippen molar-refractivity contribution in [3.63, 3.8) is 0 Å². The number of nitrogens with one attached hydrogen (secondary N) is 1. The minimum Gasteiger partial charge on any atom is -0.394 e. The molecule has 108 valence electrons. The van der Waals surface area contributed by atoms with Crippen LogP contribution in [-0.2, 0) is 4.74 Å². The predicted molar refractivity (Wildman–Crippen MR) is 80.6 cm³/mol. The third-order valence-corrected chi connectivity index (χ3v) is 4.16. The van der Waals surface area contributed by atoms with Crippen LogP contribution < -0.4 is 10.2 Å². The van der Waals surface area contributed by atoms with E-state index in [1.54, 1.807) is 11.3 Å². The molecular weight excluding hydrogens is 276 g/mol. The number of aliphatic hydroxyl groups is 1. The van der Waals surface area contributed by atoms with Crippen LogP contribution in [0.4, 0.5) is 11.8 Å². The number of nitrogens with zero attached hydrogens (tertiary/aromatic N) is 3. The van der Waals surface area contributed by atoms with Gasteiger partial charge in [0.25, 0.3) is 0 Å². The van der Waals surface area contributed by atoms with Crippen LogP contribution in [0.3, 0.4) is 0 Å². The van der Waals surface area contributed by atoms with Gasteiger partial charge in [0.05, 0.1) is 31.2 Å². The van der Waals surface area contributed by atoms with Crippen molar-refractivity contribution in [1.82, 2.24) is 9.97 Å². The lowest BCUT2D eigenvalue weighted by atomic mass is 10.2. The highest BCUT2D eigenvalue weighted by atomic mass is 32.1. The Labute approximate surface area is 121 Å². The molecule has 0 saturated carbocycles. The van der Waals surface area contributed by atoms with Crippen molar-refractivity contribution in [3.05, 3.63) is 11.4 Å². The van der Waals surface area contributed by atoms with Crippen LogP contribution in [0.2, 0.25) is 0 Å². The molecule has 0 spiro atoms. The molecule has 0 radical (unpaired) electrons. The summed E-state index contributed by atoms with van der Waals surface area (Å²) in [6, 6.07) is 1.99. The van der Waals surface area contributed by atoms with Crippen LogP contribution in [0.25, 0.3) is 10.2 Å². The normalized spacial score (nSPS) is 19.5. The highest BCUT2D eigenvalue weighted by Gasteiger charge is 2.26. The molecule has 2 aromatic heterocycles. The molecule has 7 heteroatoms. The van der Waals surface area contributed by atoms with E-state index in [9.17, 15) is 5.11 Å². The van der Waals surface area contributed by atoms with Gasteiger partial charge in [-0.2, -0.15) is 4.98 Å². The number of aromatic nitrogens is 2. The fourth-order valence-corrected chi connectivity index (χ4v) is 3.14. The molecule has 2 aromatic rings. The van der Waals surface area contributed by atoms with Gasteiger partial charge in [-0.05, 0) is 18.4 Å². The number of rotatable bonds is 4. The van der Waals surface area contributed by atoms with Gasteiger partial charge in [-0.1, -0.05) is 0 Å². The molecule has 0 bridgehead atoms. The van der Waals surface area contributed by atoms with E-state index < -0.39 is 0 Å². The molecule has 1 atom stereocenters. The number of hydrogen-bond donors (Lipinski definition) is 2. The topological polar surface area (TPSA) is 70.5 Å². The lowest BCUT2D eigenvalue weighted by Crippen LogP contribution is -2.48. The molecule has 1 fully saturated rings. The van der Waals surface area contributed by atoms with E-state index in [4.69, 9.17) is 4.74 Å². The lowest BCUT2D eigenvalue weighted by Gasteiger charge is -2.35. The maximum atomic E-state index is 9.54. The highest BCUT2D eigenvalue weighted by Crippen LogP contribution is 2.30. The molecule has 3 rings (SSSR count). The first-order valence-corrected chi connectivity index (χ1v) is 7.65. The van der Waals surface area contributed by atoms with Crippen molar-refractivity contribution >= 4 is 33.3 Å². The van der Waals surface area contributed by atoms with Crippen LogP contribution in [0, 0.1) is 0 Å². The Morgan fingerprint density at radius 1 is 1.55 bits per heavy atom. The monoisotopic (exact) mass is 294 g/mol. The second kappa shape index (κ2) is 5.90. The zero-order chi connectivity index (χ0) is 13.9. The Bertz CT molecular complexity index is 589. The zero-order valence-electron chi connectivity index (χ0n) is 11.4. The number of anilines is 2. The van der Waals surface area contributed by atoms with Gasteiger partial charge in [0.15, 0.2) is 0 Å². The van der Waals surface area contributed by atoms with Crippen LogP contribution in [0.15, 0.2) is 11.4 Å². The van der Waals surface area contributed by atoms with Crippen molar-refractivity contribution in [2.75, 3.05) is 43.1 Å². The SMILES string of the molecule is CCNc1nc(N2CCOCC2CO)c2ccsc2n1. The molecule has 2 N–H and O–H groups in total. The van der Waals surface area contributed by atoms with Gasteiger partial charge in [0.2, 0.25) is 5.95 Å². The maximum absolute atomic E-state index is 9.54. The summed E-state index contributed by atoms with van der Waals surface area (Å²) in [5.74, 6) is 1.52. The Morgan fingerprint density at radius 2 is 2.45 bits per heavy atom. The van der Waals surface area contributed by atoms with Gasteiger partial charge < -0.3 is 20.1 Å². The summed E-state index contributed by atoms with van der Waals surface area (Å²) in [4.78, 5) is 12.2. The van der Waals surface area contributed by atoms with Crippen molar-refractivity contribution in [3.8, 4) is 0 Å². The number of fused-ring (bicyclic) bond motifs is 1. The molecule has 3 heterocycles. The molecular formula is C13H18N4O2S. The van der Waals surface area contributed by atoms with Crippen LogP contribution >= 0.6 is 11.3 Å². The summed E-state index contributed by atoms with van der Waals surface area (Å²) < 4.78 is 5.44. The molecule has 1 unspecified atom stereocenters. The van der Waals surface area contributed by atoms with Crippen LogP contribution in [-0.4, -0.2) is 54.0 Å². The molecule has 1 aliphatic heterocycles. The van der Waals surface area contributed by atoms with Crippen molar-refractivity contribution < 1.29 is 9.84 Å². The lowest BCUT2D eigenvalue weighted by molar-refractivity contribution is 0.0724. The van der Waals surface area contributed by atoms with Crippen molar-refractivity contribution in [2.24, 2.45) is 0 Å². The second-order valence-electron chi connectivity index (χ2n) is 4.65. The standard InChI is InChI=1S/C13H18N4O2S/c1-2-14-13-15-11(10-3-6-20-12(10)16-13)17-4-5-19-8-9(17)7-18/h3,6,9,18H,2,4-5,7-8H2,1H3,(H,14,15,16). The fraction of sp³-hybridized carbons (Fsp3) is 0.538. The summed E-state index contributed by atoms with van der Waals surface area (Å²) in [5.41, 5.74) is 0. The predicted octanol–water partition coefficient (Wildman–Crippen LogP) is 1.32. The maximum Gasteiger partial charge on any atom is 0.226 e. The first-order chi connectivity index (χ1) is 9.83. The molecule has 1 saturated heterocycles. The van der Waals surface area contributed by atoms with Gasteiger partial charge in [-0.3, -0.25) is 0 Å². The second-order valence-corrected chi connectivity index (χ2v) is 5.54. The van der Waals surface area contributed by atoms with Gasteiger partial charge >= 0.3 is 0 Å². The largest absolute Gasteiger partial charge is 0.394 e. The van der Waals surface area contributed by atoms with Crippen molar-refractivity contribution in [2.45, 2.75) is 13.0 Å². The third-order valence-electron chi connectivity index (χ3n) is 3.35. The summed E-state index contributed by atoms with van der Waals surface area (Å²) in [6.45, 7) is 4.78. The fourth-order valence-electron chi connectivity index (χ4n) is 2.38. The molecule has 1 aliphatic rings. The van der Waals surface area contributed by atoms with E-state index in [0.717, 1.165) is 29.1 Å². The number of thiophene rings is 1. The molecule has 0 aromatic carbocycles. The highest BCUT2D eigenvalue weighted by molar-refractivity contribution is 7.16. The Kier molecular flexibility index (Phi) is 4.00. The van der Waals surface area contributed by atoms with Gasteiger partial charge in [-0.25, -0.2) is 4.98 Å². The van der Waals surface area contributed by atoms with E-state index in [-0.39, 0.29) is 12.6 Å². The van der Waals surface area contributed by atoms with Gasteiger partial charge in [0, 0.05) is 13.1 Å². The Balaban J connectivity index is 2.05. The number of aliphatic hydroxyl groups excluding tert-OH is 1. The zero-order valence-corrected chi connectivity index (χ0v) is 12.2. The van der Waals surface area contributed by atoms with Gasteiger partial charge in [-0.15, -0.1) is 11.3 Å². The van der Waals surface area contributed by atoms with Gasteiger partial charge in [0.1, 0.15) is 10.6 Å². The van der Waals surface area contributed by atoms with Crippen molar-refractivity contribution in [1.29, 1.82) is 0 Å². The summed E-state index contributed by atoms with van der Waals surface area (Å²) in [7, 11) is 0. The number of hydrogen-bond acceptors (Lipinski definition) is 7. The Morgan fingerprint density at radius 3 is 3.25 bits per heavy atom. The third kappa shape index (κ3) is 2.44. The van der Waals surface area contributed by atoms with Crippen LogP contribution in [0.5, 0.6) is 0 Å². The quantitative estimate of drug-likeness (QED) is 0.886. The molecule has 6 nitrogen and oxygen atoms in total. The van der Waals surface area contributed by atoms with E-state index in [1.807, 2.05) is 18.4 Å². The average Bonchev–Trinajstić information content (AvgIpc) is 2.95. The number of morpholine rings is 1. The minimum atomic E-state index is -0.0452. The minimum absolute atomic E-state index is 0.0452. The van der Waals surface area contributed by atoms with E-state index in [2.05, 4.69) is 20.2 Å². The first-order valence-electron chi connectivity index (χ1n) is 6.78. The van der Waals surface area contributed by atoms with E-state index >= 15 is 0 Å².